The maximum absolute atomic E-state index is 5.71. The summed E-state index contributed by atoms with van der Waals surface area (Å²) >= 11 is 0. The van der Waals surface area contributed by atoms with Crippen molar-refractivity contribution in [2.24, 2.45) is 4.99 Å². The molecule has 0 aliphatic heterocycles. The van der Waals surface area contributed by atoms with Gasteiger partial charge in [-0.2, -0.15) is 0 Å². The highest BCUT2D eigenvalue weighted by molar-refractivity contribution is 14.0. The Morgan fingerprint density at radius 1 is 1.35 bits per heavy atom. The van der Waals surface area contributed by atoms with E-state index in [-0.39, 0.29) is 30.1 Å². The Hall–Kier alpha value is -0.980. The van der Waals surface area contributed by atoms with Gasteiger partial charge in [-0.05, 0) is 19.1 Å². The van der Waals surface area contributed by atoms with E-state index in [1.54, 1.807) is 7.05 Å². The van der Waals surface area contributed by atoms with Crippen LogP contribution in [0.3, 0.4) is 0 Å². The fraction of sp³-hybridized carbons (Fsp3) is 0.417. The van der Waals surface area contributed by atoms with Gasteiger partial charge in [-0.1, -0.05) is 18.2 Å². The molecule has 5 heteroatoms. The minimum atomic E-state index is 0. The number of guanidine groups is 1. The highest BCUT2D eigenvalue weighted by Crippen LogP contribution is 2.10. The molecular weight excluding hydrogens is 329 g/mol. The lowest BCUT2D eigenvalue weighted by molar-refractivity contribution is 0.224. The fourth-order valence-corrected chi connectivity index (χ4v) is 1.29. The number of para-hydroxylation sites is 1. The quantitative estimate of drug-likeness (QED) is 0.496. The SMILES string of the molecule is CN=C(NC)NCC(C)Oc1ccccc1.I. The van der Waals surface area contributed by atoms with E-state index < -0.39 is 0 Å². The van der Waals surface area contributed by atoms with E-state index in [1.807, 2.05) is 44.3 Å². The van der Waals surface area contributed by atoms with Crippen LogP contribution in [0.4, 0.5) is 0 Å². The second-order valence-corrected chi connectivity index (χ2v) is 3.44. The molecule has 1 unspecified atom stereocenters. The molecule has 17 heavy (non-hydrogen) atoms. The molecule has 0 bridgehead atoms. The standard InChI is InChI=1S/C12H19N3O.HI/c1-10(9-15-12(13-2)14-3)16-11-7-5-4-6-8-11;/h4-8,10H,9H2,1-3H3,(H2,13,14,15);1H. The fourth-order valence-electron chi connectivity index (χ4n) is 1.29. The number of ether oxygens (including phenoxy) is 1. The average molecular weight is 349 g/mol. The monoisotopic (exact) mass is 349 g/mol. The van der Waals surface area contributed by atoms with Gasteiger partial charge in [0.25, 0.3) is 0 Å². The number of halogens is 1. The van der Waals surface area contributed by atoms with Gasteiger partial charge in [0, 0.05) is 14.1 Å². The minimum Gasteiger partial charge on any atom is -0.489 e. The summed E-state index contributed by atoms with van der Waals surface area (Å²) in [7, 11) is 3.57. The van der Waals surface area contributed by atoms with Crippen molar-refractivity contribution >= 4 is 29.9 Å². The van der Waals surface area contributed by atoms with Crippen molar-refractivity contribution in [3.63, 3.8) is 0 Å². The zero-order valence-electron chi connectivity index (χ0n) is 10.4. The van der Waals surface area contributed by atoms with Gasteiger partial charge in [-0.15, -0.1) is 24.0 Å². The van der Waals surface area contributed by atoms with Crippen molar-refractivity contribution < 1.29 is 4.74 Å². The van der Waals surface area contributed by atoms with E-state index in [0.717, 1.165) is 11.7 Å². The first-order valence-corrected chi connectivity index (χ1v) is 5.36. The van der Waals surface area contributed by atoms with Crippen LogP contribution in [-0.2, 0) is 0 Å². The number of nitrogens with one attached hydrogen (secondary N) is 2. The topological polar surface area (TPSA) is 45.7 Å². The predicted octanol–water partition coefficient (Wildman–Crippen LogP) is 1.87. The maximum Gasteiger partial charge on any atom is 0.190 e. The van der Waals surface area contributed by atoms with Crippen LogP contribution in [-0.4, -0.2) is 32.7 Å². The second-order valence-electron chi connectivity index (χ2n) is 3.44. The van der Waals surface area contributed by atoms with E-state index in [4.69, 9.17) is 4.74 Å². The molecule has 0 amide bonds. The van der Waals surface area contributed by atoms with Gasteiger partial charge in [0.1, 0.15) is 11.9 Å². The van der Waals surface area contributed by atoms with Crippen LogP contribution < -0.4 is 15.4 Å². The van der Waals surface area contributed by atoms with Crippen molar-refractivity contribution in [1.82, 2.24) is 10.6 Å². The van der Waals surface area contributed by atoms with Crippen LogP contribution >= 0.6 is 24.0 Å². The Kier molecular flexibility index (Phi) is 8.57. The highest BCUT2D eigenvalue weighted by atomic mass is 127. The third-order valence-electron chi connectivity index (χ3n) is 2.10. The summed E-state index contributed by atoms with van der Waals surface area (Å²) in [6.45, 7) is 2.73. The first-order chi connectivity index (χ1) is 7.76. The van der Waals surface area contributed by atoms with Crippen molar-refractivity contribution in [2.45, 2.75) is 13.0 Å². The minimum absolute atomic E-state index is 0. The number of benzene rings is 1. The zero-order valence-corrected chi connectivity index (χ0v) is 12.8. The van der Waals surface area contributed by atoms with Crippen LogP contribution in [0.5, 0.6) is 5.75 Å². The number of hydrogen-bond acceptors (Lipinski definition) is 2. The molecule has 96 valence electrons. The number of hydrogen-bond donors (Lipinski definition) is 2. The Bertz CT molecular complexity index is 330. The molecule has 0 aromatic heterocycles. The van der Waals surface area contributed by atoms with Gasteiger partial charge in [0.05, 0.1) is 6.54 Å². The lowest BCUT2D eigenvalue weighted by Gasteiger charge is -2.16. The summed E-state index contributed by atoms with van der Waals surface area (Å²) in [5.74, 6) is 1.65. The normalized spacial score (nSPS) is 12.3. The zero-order chi connectivity index (χ0) is 11.8. The van der Waals surface area contributed by atoms with Gasteiger partial charge in [-0.25, -0.2) is 0 Å². The van der Waals surface area contributed by atoms with E-state index in [2.05, 4.69) is 15.6 Å². The van der Waals surface area contributed by atoms with Gasteiger partial charge in [-0.3, -0.25) is 4.99 Å². The van der Waals surface area contributed by atoms with Crippen molar-refractivity contribution in [3.8, 4) is 5.75 Å². The second kappa shape index (κ2) is 9.09. The Morgan fingerprint density at radius 2 is 2.00 bits per heavy atom. The highest BCUT2D eigenvalue weighted by Gasteiger charge is 2.04. The molecule has 0 saturated heterocycles. The lowest BCUT2D eigenvalue weighted by atomic mass is 10.3. The summed E-state index contributed by atoms with van der Waals surface area (Å²) in [6, 6.07) is 9.79. The molecule has 0 saturated carbocycles. The van der Waals surface area contributed by atoms with E-state index in [1.165, 1.54) is 0 Å². The molecule has 0 radical (unpaired) electrons. The average Bonchev–Trinajstić information content (AvgIpc) is 2.31. The summed E-state index contributed by atoms with van der Waals surface area (Å²) in [5.41, 5.74) is 0. The van der Waals surface area contributed by atoms with Gasteiger partial charge >= 0.3 is 0 Å². The molecule has 1 aromatic carbocycles. The smallest absolute Gasteiger partial charge is 0.190 e. The first-order valence-electron chi connectivity index (χ1n) is 5.36. The van der Waals surface area contributed by atoms with E-state index >= 15 is 0 Å². The molecule has 1 rings (SSSR count). The van der Waals surface area contributed by atoms with E-state index in [0.29, 0.717) is 6.54 Å². The van der Waals surface area contributed by atoms with E-state index in [9.17, 15) is 0 Å². The summed E-state index contributed by atoms with van der Waals surface area (Å²) in [4.78, 5) is 4.02. The van der Waals surface area contributed by atoms with Gasteiger partial charge in [0.2, 0.25) is 0 Å². The molecule has 0 fully saturated rings. The van der Waals surface area contributed by atoms with Crippen LogP contribution in [0.15, 0.2) is 35.3 Å². The lowest BCUT2D eigenvalue weighted by Crippen LogP contribution is -2.40. The van der Waals surface area contributed by atoms with Crippen molar-refractivity contribution in [2.75, 3.05) is 20.6 Å². The third-order valence-corrected chi connectivity index (χ3v) is 2.10. The Balaban J connectivity index is 0.00000256. The largest absolute Gasteiger partial charge is 0.489 e. The number of aliphatic imine (C=N–C) groups is 1. The van der Waals surface area contributed by atoms with Crippen molar-refractivity contribution in [1.29, 1.82) is 0 Å². The third kappa shape index (κ3) is 6.35. The summed E-state index contributed by atoms with van der Waals surface area (Å²) < 4.78 is 5.71. The van der Waals surface area contributed by atoms with Crippen LogP contribution in [0.1, 0.15) is 6.92 Å². The molecule has 0 heterocycles. The number of nitrogens with zero attached hydrogens (tertiary/aromatic N) is 1. The molecule has 2 N–H and O–H groups in total. The summed E-state index contributed by atoms with van der Waals surface area (Å²) in [6.07, 6.45) is 0.0903. The molecule has 0 aliphatic carbocycles. The Labute approximate surface area is 120 Å². The van der Waals surface area contributed by atoms with Crippen LogP contribution in [0.25, 0.3) is 0 Å². The Morgan fingerprint density at radius 3 is 2.53 bits per heavy atom. The number of rotatable bonds is 4. The van der Waals surface area contributed by atoms with Gasteiger partial charge in [0.15, 0.2) is 5.96 Å². The molecule has 0 aliphatic rings. The first kappa shape index (κ1) is 16.0. The molecule has 1 atom stereocenters. The molecule has 4 nitrogen and oxygen atoms in total. The van der Waals surface area contributed by atoms with Crippen LogP contribution in [0, 0.1) is 0 Å². The van der Waals surface area contributed by atoms with Crippen LogP contribution in [0.2, 0.25) is 0 Å². The molecule has 1 aromatic rings. The van der Waals surface area contributed by atoms with Gasteiger partial charge < -0.3 is 15.4 Å². The molecule has 0 spiro atoms. The predicted molar refractivity (Wildman–Crippen MR) is 82.4 cm³/mol. The van der Waals surface area contributed by atoms with Crippen molar-refractivity contribution in [3.05, 3.63) is 30.3 Å². The summed E-state index contributed by atoms with van der Waals surface area (Å²) in [5, 5.41) is 6.11. The molecular formula is C12H20IN3O. The maximum atomic E-state index is 5.71.